The highest BCUT2D eigenvalue weighted by Gasteiger charge is 2.18. The van der Waals surface area contributed by atoms with Gasteiger partial charge in [0, 0.05) is 11.8 Å². The Bertz CT molecular complexity index is 878. The SMILES string of the molecule is CSc1ccc(S(=O)(=O)Nc2ccccc2C(C)C)cc1NC(C)=O. The van der Waals surface area contributed by atoms with Gasteiger partial charge in [0.1, 0.15) is 0 Å². The average Bonchev–Trinajstić information content (AvgIpc) is 2.54. The second-order valence-corrected chi connectivity index (χ2v) is 8.42. The maximum Gasteiger partial charge on any atom is 0.261 e. The minimum Gasteiger partial charge on any atom is -0.325 e. The van der Waals surface area contributed by atoms with Crippen LogP contribution in [0.4, 0.5) is 11.4 Å². The molecule has 0 spiro atoms. The molecule has 1 amide bonds. The summed E-state index contributed by atoms with van der Waals surface area (Å²) in [6.07, 6.45) is 1.87. The second kappa shape index (κ2) is 7.93. The number of benzene rings is 2. The molecule has 0 aliphatic carbocycles. The molecule has 25 heavy (non-hydrogen) atoms. The first-order chi connectivity index (χ1) is 11.7. The molecule has 0 aliphatic heterocycles. The lowest BCUT2D eigenvalue weighted by atomic mass is 10.0. The second-order valence-electron chi connectivity index (χ2n) is 5.89. The minimum absolute atomic E-state index is 0.104. The van der Waals surface area contributed by atoms with Gasteiger partial charge in [-0.15, -0.1) is 11.8 Å². The van der Waals surface area contributed by atoms with Crippen LogP contribution in [0.5, 0.6) is 0 Å². The molecule has 0 aromatic heterocycles. The summed E-state index contributed by atoms with van der Waals surface area (Å²) in [5.41, 5.74) is 1.97. The molecule has 0 atom stereocenters. The third-order valence-electron chi connectivity index (χ3n) is 3.62. The van der Waals surface area contributed by atoms with Gasteiger partial charge in [-0.25, -0.2) is 8.42 Å². The molecule has 2 aromatic rings. The van der Waals surface area contributed by atoms with Crippen molar-refractivity contribution in [3.8, 4) is 0 Å². The van der Waals surface area contributed by atoms with Crippen LogP contribution in [0.15, 0.2) is 52.3 Å². The van der Waals surface area contributed by atoms with E-state index < -0.39 is 10.0 Å². The van der Waals surface area contributed by atoms with Crippen LogP contribution in [-0.2, 0) is 14.8 Å². The van der Waals surface area contributed by atoms with Crippen LogP contribution in [0.2, 0.25) is 0 Å². The van der Waals surface area contributed by atoms with Gasteiger partial charge in [-0.2, -0.15) is 0 Å². The van der Waals surface area contributed by atoms with Gasteiger partial charge in [-0.3, -0.25) is 9.52 Å². The van der Waals surface area contributed by atoms with Crippen molar-refractivity contribution < 1.29 is 13.2 Å². The van der Waals surface area contributed by atoms with E-state index in [1.807, 2.05) is 32.2 Å². The monoisotopic (exact) mass is 378 g/mol. The maximum absolute atomic E-state index is 12.8. The summed E-state index contributed by atoms with van der Waals surface area (Å²) in [6, 6.07) is 12.0. The quantitative estimate of drug-likeness (QED) is 0.735. The van der Waals surface area contributed by atoms with E-state index >= 15 is 0 Å². The normalized spacial score (nSPS) is 11.4. The number of para-hydroxylation sites is 1. The fraction of sp³-hybridized carbons (Fsp3) is 0.278. The first-order valence-corrected chi connectivity index (χ1v) is 10.5. The largest absolute Gasteiger partial charge is 0.325 e. The molecule has 0 radical (unpaired) electrons. The summed E-state index contributed by atoms with van der Waals surface area (Å²) in [6.45, 7) is 5.41. The molecule has 2 N–H and O–H groups in total. The highest BCUT2D eigenvalue weighted by Crippen LogP contribution is 2.30. The molecule has 0 aliphatic rings. The summed E-state index contributed by atoms with van der Waals surface area (Å²) in [4.78, 5) is 12.3. The molecule has 134 valence electrons. The fourth-order valence-electron chi connectivity index (χ4n) is 2.44. The van der Waals surface area contributed by atoms with Gasteiger partial charge in [0.05, 0.1) is 16.3 Å². The molecule has 0 saturated heterocycles. The number of hydrogen-bond donors (Lipinski definition) is 2. The highest BCUT2D eigenvalue weighted by atomic mass is 32.2. The molecule has 0 unspecified atom stereocenters. The fourth-order valence-corrected chi connectivity index (χ4v) is 4.09. The Morgan fingerprint density at radius 3 is 2.36 bits per heavy atom. The standard InChI is InChI=1S/C18H22N2O3S2/c1-12(2)15-7-5-6-8-16(15)20-25(22,23)14-9-10-18(24-4)17(11-14)19-13(3)21/h5-12,20H,1-4H3,(H,19,21). The molecule has 0 bridgehead atoms. The van der Waals surface area contributed by atoms with E-state index in [-0.39, 0.29) is 16.7 Å². The number of hydrogen-bond acceptors (Lipinski definition) is 4. The number of anilines is 2. The lowest BCUT2D eigenvalue weighted by Crippen LogP contribution is -2.15. The molecule has 2 rings (SSSR count). The van der Waals surface area contributed by atoms with Crippen LogP contribution >= 0.6 is 11.8 Å². The minimum atomic E-state index is -3.76. The van der Waals surface area contributed by atoms with Crippen molar-refractivity contribution in [1.29, 1.82) is 0 Å². The number of rotatable bonds is 6. The zero-order valence-corrected chi connectivity index (χ0v) is 16.3. The Morgan fingerprint density at radius 2 is 1.76 bits per heavy atom. The zero-order valence-electron chi connectivity index (χ0n) is 14.7. The van der Waals surface area contributed by atoms with Crippen molar-refractivity contribution in [2.45, 2.75) is 36.5 Å². The predicted molar refractivity (Wildman–Crippen MR) is 104 cm³/mol. The lowest BCUT2D eigenvalue weighted by molar-refractivity contribution is -0.114. The molecular formula is C18H22N2O3S2. The average molecular weight is 379 g/mol. The van der Waals surface area contributed by atoms with E-state index in [1.165, 1.54) is 30.8 Å². The topological polar surface area (TPSA) is 75.3 Å². The van der Waals surface area contributed by atoms with Gasteiger partial charge in [-0.05, 0) is 42.0 Å². The van der Waals surface area contributed by atoms with Crippen molar-refractivity contribution in [2.75, 3.05) is 16.3 Å². The molecule has 0 fully saturated rings. The van der Waals surface area contributed by atoms with Crippen LogP contribution < -0.4 is 10.0 Å². The van der Waals surface area contributed by atoms with Crippen molar-refractivity contribution in [1.82, 2.24) is 0 Å². The molecule has 5 nitrogen and oxygen atoms in total. The molecule has 7 heteroatoms. The van der Waals surface area contributed by atoms with Crippen molar-refractivity contribution >= 4 is 39.1 Å². The Labute approximate surface area is 153 Å². The Kier molecular flexibility index (Phi) is 6.13. The van der Waals surface area contributed by atoms with Crippen LogP contribution in [0, 0.1) is 0 Å². The number of nitrogens with one attached hydrogen (secondary N) is 2. The number of sulfonamides is 1. The van der Waals surface area contributed by atoms with Gasteiger partial charge in [0.15, 0.2) is 0 Å². The summed E-state index contributed by atoms with van der Waals surface area (Å²) in [5.74, 6) is -0.0596. The van der Waals surface area contributed by atoms with E-state index in [0.29, 0.717) is 11.4 Å². The Hall–Kier alpha value is -1.99. The van der Waals surface area contributed by atoms with Crippen molar-refractivity contribution in [3.05, 3.63) is 48.0 Å². The number of thioether (sulfide) groups is 1. The number of carbonyl (C=O) groups excluding carboxylic acids is 1. The molecule has 0 heterocycles. The van der Waals surface area contributed by atoms with Gasteiger partial charge < -0.3 is 5.32 Å². The van der Waals surface area contributed by atoms with E-state index in [1.54, 1.807) is 18.2 Å². The lowest BCUT2D eigenvalue weighted by Gasteiger charge is -2.16. The summed E-state index contributed by atoms with van der Waals surface area (Å²) < 4.78 is 28.2. The summed E-state index contributed by atoms with van der Waals surface area (Å²) >= 11 is 1.44. The molecular weight excluding hydrogens is 356 g/mol. The number of carbonyl (C=O) groups is 1. The van der Waals surface area contributed by atoms with Crippen LogP contribution in [0.3, 0.4) is 0 Å². The van der Waals surface area contributed by atoms with E-state index in [9.17, 15) is 13.2 Å². The van der Waals surface area contributed by atoms with Crippen molar-refractivity contribution in [2.24, 2.45) is 0 Å². The molecule has 2 aromatic carbocycles. The smallest absolute Gasteiger partial charge is 0.261 e. The predicted octanol–water partition coefficient (Wildman–Crippen LogP) is 4.29. The van der Waals surface area contributed by atoms with E-state index in [4.69, 9.17) is 0 Å². The number of amides is 1. The first-order valence-electron chi connectivity index (χ1n) is 7.82. The van der Waals surface area contributed by atoms with Gasteiger partial charge in [0.2, 0.25) is 5.91 Å². The van der Waals surface area contributed by atoms with Gasteiger partial charge >= 0.3 is 0 Å². The first kappa shape index (κ1) is 19.3. The summed E-state index contributed by atoms with van der Waals surface area (Å²) in [5, 5.41) is 2.68. The van der Waals surface area contributed by atoms with Crippen LogP contribution in [-0.4, -0.2) is 20.6 Å². The molecule has 0 saturated carbocycles. The van der Waals surface area contributed by atoms with Gasteiger partial charge in [-0.1, -0.05) is 32.0 Å². The zero-order chi connectivity index (χ0) is 18.6. The highest BCUT2D eigenvalue weighted by molar-refractivity contribution is 7.98. The third kappa shape index (κ3) is 4.76. The van der Waals surface area contributed by atoms with E-state index in [2.05, 4.69) is 10.0 Å². The summed E-state index contributed by atoms with van der Waals surface area (Å²) in [7, 11) is -3.76. The van der Waals surface area contributed by atoms with Gasteiger partial charge in [0.25, 0.3) is 10.0 Å². The maximum atomic E-state index is 12.8. The van der Waals surface area contributed by atoms with Crippen LogP contribution in [0.25, 0.3) is 0 Å². The van der Waals surface area contributed by atoms with E-state index in [0.717, 1.165) is 10.5 Å². The third-order valence-corrected chi connectivity index (χ3v) is 5.78. The Morgan fingerprint density at radius 1 is 1.08 bits per heavy atom. The Balaban J connectivity index is 2.42. The van der Waals surface area contributed by atoms with Crippen LogP contribution in [0.1, 0.15) is 32.3 Å². The van der Waals surface area contributed by atoms with Crippen molar-refractivity contribution in [3.63, 3.8) is 0 Å².